The maximum atomic E-state index is 12.5. The highest BCUT2D eigenvalue weighted by Crippen LogP contribution is 2.44. The van der Waals surface area contributed by atoms with Gasteiger partial charge in [-0.15, -0.1) is 0 Å². The number of ketones is 1. The second kappa shape index (κ2) is 9.66. The van der Waals surface area contributed by atoms with Crippen LogP contribution in [0.5, 0.6) is 0 Å². The summed E-state index contributed by atoms with van der Waals surface area (Å²) in [5.74, 6) is 1.42. The maximum Gasteiger partial charge on any atom is 0.230 e. The minimum atomic E-state index is -0.498. The monoisotopic (exact) mass is 463 g/mol. The van der Waals surface area contributed by atoms with E-state index in [0.717, 1.165) is 75.2 Å². The minimum absolute atomic E-state index is 0.0363. The number of aldehydes is 1. The van der Waals surface area contributed by atoms with Gasteiger partial charge in [-0.25, -0.2) is 9.97 Å². The first-order valence-electron chi connectivity index (χ1n) is 12.4. The average Bonchev–Trinajstić information content (AvgIpc) is 3.39. The van der Waals surface area contributed by atoms with Gasteiger partial charge in [0, 0.05) is 44.0 Å². The zero-order valence-electron chi connectivity index (χ0n) is 19.9. The summed E-state index contributed by atoms with van der Waals surface area (Å²) < 4.78 is 0. The second-order valence-electron chi connectivity index (χ2n) is 9.63. The summed E-state index contributed by atoms with van der Waals surface area (Å²) in [5.41, 5.74) is 2.03. The van der Waals surface area contributed by atoms with Crippen LogP contribution in [0.3, 0.4) is 0 Å². The Bertz CT molecular complexity index is 1030. The van der Waals surface area contributed by atoms with Crippen LogP contribution in [0.2, 0.25) is 0 Å². The van der Waals surface area contributed by atoms with Crippen molar-refractivity contribution < 1.29 is 9.59 Å². The standard InChI is InChI=1S/C25H33N7O2/c1-16-20-14-28-25(29-22-8-7-19(13-27-22)31-11-9-26-10-12-31)30-24(20)32(18-5-3-4-6-18)21(15-33)23(16)17(2)34/h7-8,13-16,18,21,23,26H,3-6,9-12H2,1-2H3,(H,27,28,29,30). The largest absolute Gasteiger partial charge is 0.368 e. The van der Waals surface area contributed by atoms with Gasteiger partial charge in [-0.05, 0) is 37.8 Å². The van der Waals surface area contributed by atoms with Crippen molar-refractivity contribution in [3.8, 4) is 0 Å². The van der Waals surface area contributed by atoms with Crippen LogP contribution < -0.4 is 20.4 Å². The molecule has 1 aliphatic carbocycles. The van der Waals surface area contributed by atoms with Gasteiger partial charge in [-0.3, -0.25) is 4.79 Å². The van der Waals surface area contributed by atoms with Crippen LogP contribution >= 0.6 is 0 Å². The number of anilines is 4. The third-order valence-electron chi connectivity index (χ3n) is 7.56. The Morgan fingerprint density at radius 2 is 1.91 bits per heavy atom. The number of nitrogens with zero attached hydrogens (tertiary/aromatic N) is 5. The van der Waals surface area contributed by atoms with E-state index >= 15 is 0 Å². The first-order valence-corrected chi connectivity index (χ1v) is 12.4. The molecule has 3 atom stereocenters. The topological polar surface area (TPSA) is 103 Å². The number of hydrogen-bond acceptors (Lipinski definition) is 9. The quantitative estimate of drug-likeness (QED) is 0.626. The molecule has 5 rings (SSSR count). The number of rotatable bonds is 6. The van der Waals surface area contributed by atoms with Gasteiger partial charge in [0.2, 0.25) is 5.95 Å². The van der Waals surface area contributed by atoms with Crippen LogP contribution in [-0.4, -0.2) is 65.3 Å². The number of hydrogen-bond donors (Lipinski definition) is 2. The van der Waals surface area contributed by atoms with Crippen LogP contribution in [0.15, 0.2) is 24.5 Å². The summed E-state index contributed by atoms with van der Waals surface area (Å²) in [6, 6.07) is 3.72. The fourth-order valence-electron chi connectivity index (χ4n) is 5.80. The van der Waals surface area contributed by atoms with E-state index in [1.165, 1.54) is 0 Å². The van der Waals surface area contributed by atoms with E-state index in [-0.39, 0.29) is 23.7 Å². The molecule has 2 N–H and O–H groups in total. The molecular weight excluding hydrogens is 430 g/mol. The molecule has 4 heterocycles. The first-order chi connectivity index (χ1) is 16.6. The molecule has 0 spiro atoms. The molecule has 0 amide bonds. The third-order valence-corrected chi connectivity index (χ3v) is 7.56. The lowest BCUT2D eigenvalue weighted by molar-refractivity contribution is -0.125. The molecule has 1 saturated heterocycles. The molecule has 0 bridgehead atoms. The molecule has 3 unspecified atom stereocenters. The highest BCUT2D eigenvalue weighted by molar-refractivity contribution is 5.87. The fraction of sp³-hybridized carbons (Fsp3) is 0.560. The SMILES string of the molecule is CC(=O)C1C(C)c2cnc(Nc3ccc(N4CCNCC4)cn3)nc2N(C2CCCC2)C1C=O. The molecule has 0 radical (unpaired) electrons. The summed E-state index contributed by atoms with van der Waals surface area (Å²) in [7, 11) is 0. The highest BCUT2D eigenvalue weighted by Gasteiger charge is 2.45. The zero-order chi connectivity index (χ0) is 23.7. The normalized spacial score (nSPS) is 25.2. The molecule has 2 aromatic rings. The summed E-state index contributed by atoms with van der Waals surface area (Å²) >= 11 is 0. The zero-order valence-corrected chi connectivity index (χ0v) is 19.9. The van der Waals surface area contributed by atoms with Crippen molar-refractivity contribution in [1.82, 2.24) is 20.3 Å². The smallest absolute Gasteiger partial charge is 0.230 e. The van der Waals surface area contributed by atoms with Crippen LogP contribution in [0.1, 0.15) is 51.0 Å². The summed E-state index contributed by atoms with van der Waals surface area (Å²) in [6.07, 6.45) is 8.89. The van der Waals surface area contributed by atoms with Crippen LogP contribution in [-0.2, 0) is 9.59 Å². The molecule has 0 aromatic carbocycles. The van der Waals surface area contributed by atoms with Crippen LogP contribution in [0.25, 0.3) is 0 Å². The number of aromatic nitrogens is 3. The molecule has 9 heteroatoms. The lowest BCUT2D eigenvalue weighted by atomic mass is 9.76. The Balaban J connectivity index is 1.43. The van der Waals surface area contributed by atoms with Gasteiger partial charge in [-0.2, -0.15) is 4.98 Å². The van der Waals surface area contributed by atoms with Crippen molar-refractivity contribution in [2.24, 2.45) is 5.92 Å². The fourth-order valence-corrected chi connectivity index (χ4v) is 5.80. The molecular formula is C25H33N7O2. The van der Waals surface area contributed by atoms with E-state index in [9.17, 15) is 9.59 Å². The van der Waals surface area contributed by atoms with Crippen molar-refractivity contribution in [2.75, 3.05) is 41.3 Å². The van der Waals surface area contributed by atoms with Crippen molar-refractivity contribution in [3.63, 3.8) is 0 Å². The molecule has 34 heavy (non-hydrogen) atoms. The number of carbonyl (C=O) groups is 2. The van der Waals surface area contributed by atoms with E-state index in [4.69, 9.17) is 4.98 Å². The Labute approximate surface area is 200 Å². The van der Waals surface area contributed by atoms with Gasteiger partial charge in [0.05, 0.1) is 23.8 Å². The van der Waals surface area contributed by atoms with Gasteiger partial charge in [0.15, 0.2) is 0 Å². The molecule has 2 aromatic heterocycles. The van der Waals surface area contributed by atoms with E-state index in [1.807, 2.05) is 25.4 Å². The lowest BCUT2D eigenvalue weighted by Crippen LogP contribution is -2.54. The molecule has 3 aliphatic rings. The number of carbonyl (C=O) groups excluding carboxylic acids is 2. The number of nitrogens with one attached hydrogen (secondary N) is 2. The molecule has 2 aliphatic heterocycles. The van der Waals surface area contributed by atoms with Gasteiger partial charge in [0.1, 0.15) is 23.7 Å². The second-order valence-corrected chi connectivity index (χ2v) is 9.63. The first kappa shape index (κ1) is 22.7. The summed E-state index contributed by atoms with van der Waals surface area (Å²) in [5, 5.41) is 6.59. The Hall–Kier alpha value is -3.07. The Kier molecular flexibility index (Phi) is 6.45. The Morgan fingerprint density at radius 1 is 1.15 bits per heavy atom. The molecule has 180 valence electrons. The van der Waals surface area contributed by atoms with Crippen molar-refractivity contribution in [2.45, 2.75) is 57.5 Å². The minimum Gasteiger partial charge on any atom is -0.368 e. The van der Waals surface area contributed by atoms with E-state index in [2.05, 4.69) is 36.5 Å². The summed E-state index contributed by atoms with van der Waals surface area (Å²) in [6.45, 7) is 7.48. The van der Waals surface area contributed by atoms with Gasteiger partial charge in [0.25, 0.3) is 0 Å². The van der Waals surface area contributed by atoms with Crippen LogP contribution in [0.4, 0.5) is 23.3 Å². The van der Waals surface area contributed by atoms with Crippen LogP contribution in [0, 0.1) is 5.92 Å². The molecule has 1 saturated carbocycles. The third kappa shape index (κ3) is 4.24. The lowest BCUT2D eigenvalue weighted by Gasteiger charge is -2.45. The van der Waals surface area contributed by atoms with Crippen molar-refractivity contribution >= 4 is 35.3 Å². The number of piperazine rings is 1. The van der Waals surface area contributed by atoms with Gasteiger partial charge >= 0.3 is 0 Å². The number of fused-ring (bicyclic) bond motifs is 1. The predicted octanol–water partition coefficient (Wildman–Crippen LogP) is 2.66. The number of Topliss-reactive ketones (excluding diaryl/α,β-unsaturated/α-hetero) is 1. The van der Waals surface area contributed by atoms with Gasteiger partial charge in [-0.1, -0.05) is 19.8 Å². The molecule has 2 fully saturated rings. The van der Waals surface area contributed by atoms with E-state index < -0.39 is 6.04 Å². The maximum absolute atomic E-state index is 12.5. The summed E-state index contributed by atoms with van der Waals surface area (Å²) in [4.78, 5) is 43.2. The average molecular weight is 464 g/mol. The highest BCUT2D eigenvalue weighted by atomic mass is 16.1. The number of pyridine rings is 1. The predicted molar refractivity (Wildman–Crippen MR) is 132 cm³/mol. The van der Waals surface area contributed by atoms with Gasteiger partial charge < -0.3 is 25.2 Å². The molecule has 9 nitrogen and oxygen atoms in total. The Morgan fingerprint density at radius 3 is 2.56 bits per heavy atom. The van der Waals surface area contributed by atoms with Crippen molar-refractivity contribution in [1.29, 1.82) is 0 Å². The van der Waals surface area contributed by atoms with Crippen molar-refractivity contribution in [3.05, 3.63) is 30.1 Å². The van der Waals surface area contributed by atoms with E-state index in [1.54, 1.807) is 6.92 Å². The van der Waals surface area contributed by atoms with E-state index in [0.29, 0.717) is 11.8 Å².